The largest absolute Gasteiger partial charge is 0.511 e. The molecule has 23 heteroatoms. The zero-order chi connectivity index (χ0) is 49.0. The highest BCUT2D eigenvalue weighted by atomic mass is 31.2. The SMILES string of the molecule is CC[C@@H](C(C)OC(=O)OCOC(=O)CCCCCCOP(=O)(O)O)n1ncn(-c2ccc(N3CCN(c4ccc(OC[C@@H]5CO[C@@](Cn6cncn6)(c6ccc(F)cc6F)C5)cc4)CC3)cc2)c1=O. The summed E-state index contributed by atoms with van der Waals surface area (Å²) in [5, 5.41) is 8.51. The summed E-state index contributed by atoms with van der Waals surface area (Å²) in [5.41, 5.74) is 1.49. The van der Waals surface area contributed by atoms with Crippen LogP contribution in [-0.4, -0.2) is 110 Å². The van der Waals surface area contributed by atoms with Crippen LogP contribution in [0.25, 0.3) is 5.69 Å². The highest BCUT2D eigenvalue weighted by Gasteiger charge is 2.45. The molecule has 1 unspecified atom stereocenters. The van der Waals surface area contributed by atoms with E-state index in [4.69, 9.17) is 33.5 Å². The first kappa shape index (κ1) is 50.7. The van der Waals surface area contributed by atoms with Gasteiger partial charge >= 0.3 is 25.6 Å². The van der Waals surface area contributed by atoms with Crippen molar-refractivity contribution in [3.05, 3.63) is 113 Å². The number of nitrogens with zero attached hydrogens (tertiary/aromatic N) is 8. The number of benzene rings is 3. The van der Waals surface area contributed by atoms with Crippen molar-refractivity contribution in [1.29, 1.82) is 0 Å². The minimum atomic E-state index is -4.49. The van der Waals surface area contributed by atoms with E-state index >= 15 is 4.39 Å². The maximum Gasteiger partial charge on any atom is 0.511 e. The number of aromatic nitrogens is 6. The Kier molecular flexibility index (Phi) is 17.2. The predicted molar refractivity (Wildman–Crippen MR) is 245 cm³/mol. The third-order valence-electron chi connectivity index (χ3n) is 12.2. The van der Waals surface area contributed by atoms with Crippen LogP contribution in [0.1, 0.15) is 70.4 Å². The molecule has 4 atom stereocenters. The third-order valence-corrected chi connectivity index (χ3v) is 12.7. The van der Waals surface area contributed by atoms with E-state index in [2.05, 4.69) is 29.5 Å². The Labute approximate surface area is 396 Å². The number of rotatable bonds is 23. The van der Waals surface area contributed by atoms with Crippen LogP contribution in [0.2, 0.25) is 0 Å². The Balaban J connectivity index is 0.831. The summed E-state index contributed by atoms with van der Waals surface area (Å²) in [5.74, 6) is -1.26. The summed E-state index contributed by atoms with van der Waals surface area (Å²) < 4.78 is 75.9. The summed E-state index contributed by atoms with van der Waals surface area (Å²) in [4.78, 5) is 63.9. The smallest absolute Gasteiger partial charge is 0.493 e. The average molecular weight is 983 g/mol. The van der Waals surface area contributed by atoms with Gasteiger partial charge in [0.15, 0.2) is 0 Å². The van der Waals surface area contributed by atoms with Gasteiger partial charge in [0, 0.05) is 61.5 Å². The number of carbonyl (C=O) groups excluding carboxylic acids is 2. The summed E-state index contributed by atoms with van der Waals surface area (Å²) in [7, 11) is -4.49. The van der Waals surface area contributed by atoms with Crippen LogP contribution >= 0.6 is 7.82 Å². The van der Waals surface area contributed by atoms with Crippen LogP contribution in [0.5, 0.6) is 5.75 Å². The number of esters is 1. The number of hydrogen-bond acceptors (Lipinski definition) is 15. The average Bonchev–Trinajstić information content (AvgIpc) is 4.09. The Morgan fingerprint density at radius 2 is 1.58 bits per heavy atom. The number of unbranched alkanes of at least 4 members (excludes halogenated alkanes) is 3. The molecule has 2 fully saturated rings. The van der Waals surface area contributed by atoms with Crippen LogP contribution in [0.15, 0.2) is 90.5 Å². The molecule has 2 N–H and O–H groups in total. The molecule has 2 aromatic heterocycles. The summed E-state index contributed by atoms with van der Waals surface area (Å²) in [6.45, 7) is 6.72. The van der Waals surface area contributed by atoms with Gasteiger partial charge in [-0.3, -0.25) is 9.32 Å². The molecule has 0 aliphatic carbocycles. The number of hydrogen-bond donors (Lipinski definition) is 2. The topological polar surface area (TPSA) is 224 Å². The monoisotopic (exact) mass is 982 g/mol. The van der Waals surface area contributed by atoms with Gasteiger partial charge in [0.1, 0.15) is 48.1 Å². The quantitative estimate of drug-likeness (QED) is 0.0317. The molecule has 2 saturated heterocycles. The van der Waals surface area contributed by atoms with Gasteiger partial charge < -0.3 is 43.3 Å². The van der Waals surface area contributed by atoms with Crippen molar-refractivity contribution in [1.82, 2.24) is 29.1 Å². The van der Waals surface area contributed by atoms with E-state index in [1.807, 2.05) is 55.5 Å². The standard InChI is InChI=1S/C46H57F2N8O12P/c1-3-42(33(2)68-45(59)65-32-64-43(57)8-6-4-5-7-23-67-69(60,61)62)56-44(58)55(31-51-56)38-12-10-36(11-13-38)52-19-21-53(22-20-52)37-14-16-39(17-15-37)63-26-34-25-46(66-27-34,28-54-30-49-29-50-54)40-18-9-35(47)24-41(40)48/h9-18,24,29-31,33-34,42H,3-8,19-23,25-28,32H2,1-2H3,(H2,60,61,62)/t33?,34-,42+,46+/m1/s1. The molecular weight excluding hydrogens is 926 g/mol. The van der Waals surface area contributed by atoms with Crippen molar-refractivity contribution in [2.24, 2.45) is 5.92 Å². The maximum atomic E-state index is 15.0. The Bertz CT molecular complexity index is 2550. The molecule has 2 aliphatic heterocycles. The zero-order valence-corrected chi connectivity index (χ0v) is 39.3. The van der Waals surface area contributed by atoms with Gasteiger partial charge in [-0.1, -0.05) is 25.8 Å². The van der Waals surface area contributed by atoms with Gasteiger partial charge in [-0.2, -0.15) is 10.2 Å². The second-order valence-corrected chi connectivity index (χ2v) is 18.2. The summed E-state index contributed by atoms with van der Waals surface area (Å²) >= 11 is 0. The number of phosphoric acid groups is 1. The number of halogens is 2. The molecule has 0 saturated carbocycles. The highest BCUT2D eigenvalue weighted by molar-refractivity contribution is 7.46. The molecule has 2 aliphatic rings. The molecule has 4 heterocycles. The fourth-order valence-corrected chi connectivity index (χ4v) is 8.98. The second kappa shape index (κ2) is 23.4. The van der Waals surface area contributed by atoms with Gasteiger partial charge in [-0.15, -0.1) is 0 Å². The van der Waals surface area contributed by atoms with Crippen LogP contribution in [-0.2, 0) is 45.0 Å². The van der Waals surface area contributed by atoms with E-state index in [0.717, 1.165) is 43.6 Å². The molecule has 0 bridgehead atoms. The van der Waals surface area contributed by atoms with Crippen LogP contribution in [0, 0.1) is 17.6 Å². The second-order valence-electron chi connectivity index (χ2n) is 16.9. The molecule has 69 heavy (non-hydrogen) atoms. The fourth-order valence-electron chi connectivity index (χ4n) is 8.61. The van der Waals surface area contributed by atoms with E-state index in [1.54, 1.807) is 17.9 Å². The lowest BCUT2D eigenvalue weighted by Crippen LogP contribution is -2.46. The van der Waals surface area contributed by atoms with Gasteiger partial charge in [0.05, 0.1) is 38.1 Å². The van der Waals surface area contributed by atoms with Gasteiger partial charge in [-0.05, 0) is 87.2 Å². The van der Waals surface area contributed by atoms with Gasteiger partial charge in [-0.25, -0.2) is 41.8 Å². The number of phosphoric ester groups is 1. The molecule has 0 radical (unpaired) electrons. The Morgan fingerprint density at radius 3 is 2.23 bits per heavy atom. The van der Waals surface area contributed by atoms with Crippen molar-refractivity contribution >= 4 is 31.3 Å². The van der Waals surface area contributed by atoms with Crippen molar-refractivity contribution in [2.75, 3.05) is 62.6 Å². The molecule has 7 rings (SSSR count). The molecule has 0 amide bonds. The van der Waals surface area contributed by atoms with Gasteiger partial charge in [0.2, 0.25) is 6.79 Å². The summed E-state index contributed by atoms with van der Waals surface area (Å²) in [6, 6.07) is 18.5. The Morgan fingerprint density at radius 1 is 0.899 bits per heavy atom. The normalized spacial score (nSPS) is 18.2. The van der Waals surface area contributed by atoms with E-state index in [-0.39, 0.29) is 31.1 Å². The Hall–Kier alpha value is -6.19. The number of ether oxygens (including phenoxy) is 5. The molecule has 372 valence electrons. The lowest BCUT2D eigenvalue weighted by atomic mass is 9.87. The maximum absolute atomic E-state index is 15.0. The van der Waals surface area contributed by atoms with Crippen molar-refractivity contribution < 1.29 is 60.9 Å². The van der Waals surface area contributed by atoms with E-state index < -0.39 is 61.8 Å². The van der Waals surface area contributed by atoms with Crippen LogP contribution in [0.4, 0.5) is 25.0 Å². The molecule has 5 aromatic rings. The number of carbonyl (C=O) groups is 2. The van der Waals surface area contributed by atoms with Crippen LogP contribution < -0.4 is 20.2 Å². The highest BCUT2D eigenvalue weighted by Crippen LogP contribution is 2.42. The van der Waals surface area contributed by atoms with Crippen molar-refractivity contribution in [3.63, 3.8) is 0 Å². The minimum Gasteiger partial charge on any atom is -0.493 e. The van der Waals surface area contributed by atoms with Crippen LogP contribution in [0.3, 0.4) is 0 Å². The lowest BCUT2D eigenvalue weighted by molar-refractivity contribution is -0.154. The first-order chi connectivity index (χ1) is 33.2. The summed E-state index contributed by atoms with van der Waals surface area (Å²) in [6.07, 6.45) is 5.50. The number of piperazine rings is 1. The van der Waals surface area contributed by atoms with E-state index in [0.29, 0.717) is 63.2 Å². The minimum absolute atomic E-state index is 0.0489. The zero-order valence-electron chi connectivity index (χ0n) is 38.4. The van der Waals surface area contributed by atoms with Crippen molar-refractivity contribution in [3.8, 4) is 11.4 Å². The molecule has 20 nitrogen and oxygen atoms in total. The third kappa shape index (κ3) is 13.7. The fraction of sp³-hybridized carbons (Fsp3) is 0.478. The predicted octanol–water partition coefficient (Wildman–Crippen LogP) is 6.29. The van der Waals surface area contributed by atoms with Crippen molar-refractivity contribution in [2.45, 2.75) is 83.1 Å². The molecule has 3 aromatic carbocycles. The first-order valence-electron chi connectivity index (χ1n) is 22.8. The lowest BCUT2D eigenvalue weighted by Gasteiger charge is -2.37. The first-order valence-corrected chi connectivity index (χ1v) is 24.3. The van der Waals surface area contributed by atoms with Gasteiger partial charge in [0.25, 0.3) is 0 Å². The van der Waals surface area contributed by atoms with E-state index in [9.17, 15) is 23.3 Å². The molecule has 0 spiro atoms. The molecular formula is C46H57F2N8O12P. The van der Waals surface area contributed by atoms with E-state index in [1.165, 1.54) is 34.0 Å². The number of anilines is 2.